The highest BCUT2D eigenvalue weighted by molar-refractivity contribution is 5.74. The van der Waals surface area contributed by atoms with Crippen LogP contribution in [-0.4, -0.2) is 9.55 Å². The lowest BCUT2D eigenvalue weighted by Gasteiger charge is -2.08. The van der Waals surface area contributed by atoms with Crippen molar-refractivity contribution in [3.8, 4) is 11.3 Å². The Morgan fingerprint density at radius 2 is 1.72 bits per heavy atom. The van der Waals surface area contributed by atoms with Crippen LogP contribution in [0.2, 0.25) is 0 Å². The van der Waals surface area contributed by atoms with Crippen molar-refractivity contribution in [3.05, 3.63) is 34.6 Å². The number of hydrogen-bond acceptors (Lipinski definition) is 2. The summed E-state index contributed by atoms with van der Waals surface area (Å²) in [6, 6.07) is 4.38. The number of nitrogens with zero attached hydrogens (tertiary/aromatic N) is 2. The third-order valence-electron chi connectivity index (χ3n) is 3.64. The molecule has 0 aliphatic heterocycles. The van der Waals surface area contributed by atoms with Gasteiger partial charge in [-0.15, -0.1) is 0 Å². The molecule has 3 heteroatoms. The molecule has 0 unspecified atom stereocenters. The van der Waals surface area contributed by atoms with Gasteiger partial charge in [0.25, 0.3) is 0 Å². The summed E-state index contributed by atoms with van der Waals surface area (Å²) in [4.78, 5) is 4.67. The first kappa shape index (κ1) is 12.7. The van der Waals surface area contributed by atoms with Crippen LogP contribution in [0.15, 0.2) is 12.1 Å². The predicted molar refractivity (Wildman–Crippen MR) is 76.6 cm³/mol. The molecule has 0 fully saturated rings. The molecule has 3 nitrogen and oxygen atoms in total. The van der Waals surface area contributed by atoms with Crippen LogP contribution in [0.5, 0.6) is 0 Å². The average Bonchev–Trinajstić information content (AvgIpc) is 2.61. The Labute approximate surface area is 109 Å². The molecule has 0 amide bonds. The number of rotatable bonds is 2. The van der Waals surface area contributed by atoms with Gasteiger partial charge in [-0.3, -0.25) is 0 Å². The molecule has 96 valence electrons. The zero-order valence-corrected chi connectivity index (χ0v) is 11.8. The number of benzene rings is 1. The molecule has 2 N–H and O–H groups in total. The van der Waals surface area contributed by atoms with Gasteiger partial charge in [-0.25, -0.2) is 4.98 Å². The van der Waals surface area contributed by atoms with Crippen LogP contribution in [0.1, 0.15) is 29.4 Å². The Morgan fingerprint density at radius 1 is 1.11 bits per heavy atom. The number of aromatic nitrogens is 2. The molecule has 0 atom stereocenters. The highest BCUT2D eigenvalue weighted by Gasteiger charge is 2.15. The molecule has 0 bridgehead atoms. The lowest BCUT2D eigenvalue weighted by atomic mass is 9.99. The maximum absolute atomic E-state index is 6.17. The van der Waals surface area contributed by atoms with E-state index in [0.717, 1.165) is 29.3 Å². The van der Waals surface area contributed by atoms with E-state index in [4.69, 9.17) is 5.73 Å². The summed E-state index contributed by atoms with van der Waals surface area (Å²) < 4.78 is 1.98. The number of nitrogen functional groups attached to an aromatic ring is 1. The second-order valence-corrected chi connectivity index (χ2v) is 4.93. The summed E-state index contributed by atoms with van der Waals surface area (Å²) in [5, 5.41) is 0. The van der Waals surface area contributed by atoms with Gasteiger partial charge in [-0.2, -0.15) is 0 Å². The zero-order valence-electron chi connectivity index (χ0n) is 11.8. The quantitative estimate of drug-likeness (QED) is 0.880. The molecular weight excluding hydrogens is 222 g/mol. The van der Waals surface area contributed by atoms with Gasteiger partial charge in [0.1, 0.15) is 17.3 Å². The van der Waals surface area contributed by atoms with E-state index < -0.39 is 0 Å². The van der Waals surface area contributed by atoms with Gasteiger partial charge >= 0.3 is 0 Å². The van der Waals surface area contributed by atoms with Crippen LogP contribution in [0.25, 0.3) is 11.3 Å². The van der Waals surface area contributed by atoms with E-state index in [0.29, 0.717) is 0 Å². The van der Waals surface area contributed by atoms with Crippen molar-refractivity contribution in [3.63, 3.8) is 0 Å². The van der Waals surface area contributed by atoms with E-state index in [2.05, 4.69) is 44.8 Å². The molecule has 1 heterocycles. The highest BCUT2D eigenvalue weighted by atomic mass is 15.1. The zero-order chi connectivity index (χ0) is 13.4. The van der Waals surface area contributed by atoms with Crippen LogP contribution in [0.3, 0.4) is 0 Å². The first-order valence-corrected chi connectivity index (χ1v) is 6.35. The van der Waals surface area contributed by atoms with Gasteiger partial charge in [0.2, 0.25) is 0 Å². The molecule has 2 aromatic rings. The molecule has 0 aliphatic carbocycles. The molecule has 2 rings (SSSR count). The maximum atomic E-state index is 6.17. The van der Waals surface area contributed by atoms with E-state index >= 15 is 0 Å². The van der Waals surface area contributed by atoms with E-state index in [1.807, 2.05) is 11.6 Å². The average molecular weight is 243 g/mol. The molecule has 0 spiro atoms. The fourth-order valence-electron chi connectivity index (χ4n) is 2.29. The van der Waals surface area contributed by atoms with E-state index in [9.17, 15) is 0 Å². The van der Waals surface area contributed by atoms with Gasteiger partial charge in [0.05, 0.1) is 0 Å². The monoisotopic (exact) mass is 243 g/mol. The van der Waals surface area contributed by atoms with Crippen LogP contribution < -0.4 is 5.73 Å². The van der Waals surface area contributed by atoms with Crippen LogP contribution in [0, 0.1) is 20.8 Å². The first-order chi connectivity index (χ1) is 8.45. The second kappa shape index (κ2) is 4.48. The Hall–Kier alpha value is -1.77. The maximum Gasteiger partial charge on any atom is 0.131 e. The number of nitrogens with two attached hydrogens (primary N) is 1. The Balaban J connectivity index is 2.66. The van der Waals surface area contributed by atoms with Gasteiger partial charge in [0.15, 0.2) is 0 Å². The fraction of sp³-hybridized carbons (Fsp3) is 0.400. The van der Waals surface area contributed by atoms with Crippen molar-refractivity contribution < 1.29 is 0 Å². The second-order valence-electron chi connectivity index (χ2n) is 4.93. The summed E-state index contributed by atoms with van der Waals surface area (Å²) in [7, 11) is 1.97. The number of imidazole rings is 1. The van der Waals surface area contributed by atoms with Crippen molar-refractivity contribution >= 4 is 5.82 Å². The molecule has 0 saturated heterocycles. The third kappa shape index (κ3) is 1.90. The summed E-state index contributed by atoms with van der Waals surface area (Å²) in [6.45, 7) is 8.46. The Morgan fingerprint density at radius 3 is 2.28 bits per heavy atom. The smallest absolute Gasteiger partial charge is 0.131 e. The van der Waals surface area contributed by atoms with Crippen molar-refractivity contribution in [1.29, 1.82) is 0 Å². The summed E-state index contributed by atoms with van der Waals surface area (Å²) in [5.74, 6) is 1.78. The van der Waals surface area contributed by atoms with Crippen molar-refractivity contribution in [2.45, 2.75) is 34.1 Å². The van der Waals surface area contributed by atoms with Crippen LogP contribution in [-0.2, 0) is 13.5 Å². The molecule has 0 radical (unpaired) electrons. The lowest BCUT2D eigenvalue weighted by molar-refractivity contribution is 0.816. The summed E-state index contributed by atoms with van der Waals surface area (Å²) in [5.41, 5.74) is 12.0. The van der Waals surface area contributed by atoms with Crippen molar-refractivity contribution in [2.24, 2.45) is 7.05 Å². The Bertz CT molecular complexity index is 594. The largest absolute Gasteiger partial charge is 0.383 e. The minimum atomic E-state index is 0.748. The van der Waals surface area contributed by atoms with Gasteiger partial charge < -0.3 is 10.3 Å². The third-order valence-corrected chi connectivity index (χ3v) is 3.64. The van der Waals surface area contributed by atoms with E-state index in [1.54, 1.807) is 0 Å². The molecular formula is C15H21N3. The fourth-order valence-corrected chi connectivity index (χ4v) is 2.29. The molecule has 0 saturated carbocycles. The number of anilines is 1. The standard InChI is InChI=1S/C15H21N3/c1-6-13-17-14(15(16)18(13)5)12-8-10(3)9(2)7-11(12)4/h7-8H,6,16H2,1-5H3. The highest BCUT2D eigenvalue weighted by Crippen LogP contribution is 2.30. The van der Waals surface area contributed by atoms with Crippen LogP contribution in [0.4, 0.5) is 5.82 Å². The van der Waals surface area contributed by atoms with Gasteiger partial charge in [0, 0.05) is 19.0 Å². The minimum Gasteiger partial charge on any atom is -0.383 e. The van der Waals surface area contributed by atoms with Crippen LogP contribution >= 0.6 is 0 Å². The topological polar surface area (TPSA) is 43.8 Å². The first-order valence-electron chi connectivity index (χ1n) is 6.35. The Kier molecular flexibility index (Phi) is 3.16. The van der Waals surface area contributed by atoms with E-state index in [1.165, 1.54) is 16.7 Å². The normalized spacial score (nSPS) is 10.9. The van der Waals surface area contributed by atoms with Gasteiger partial charge in [-0.05, 0) is 43.5 Å². The van der Waals surface area contributed by atoms with Crippen molar-refractivity contribution in [2.75, 3.05) is 5.73 Å². The van der Waals surface area contributed by atoms with Gasteiger partial charge in [-0.1, -0.05) is 13.0 Å². The minimum absolute atomic E-state index is 0.748. The number of aryl methyl sites for hydroxylation is 4. The SMILES string of the molecule is CCc1nc(-c2cc(C)c(C)cc2C)c(N)n1C. The molecule has 1 aromatic carbocycles. The predicted octanol–water partition coefficient (Wildman–Crippen LogP) is 3.16. The van der Waals surface area contributed by atoms with E-state index in [-0.39, 0.29) is 0 Å². The number of hydrogen-bond donors (Lipinski definition) is 1. The molecule has 1 aromatic heterocycles. The lowest BCUT2D eigenvalue weighted by Crippen LogP contribution is -2.00. The summed E-state index contributed by atoms with van der Waals surface area (Å²) >= 11 is 0. The summed E-state index contributed by atoms with van der Waals surface area (Å²) in [6.07, 6.45) is 0.893. The molecule has 0 aliphatic rings. The molecule has 18 heavy (non-hydrogen) atoms. The van der Waals surface area contributed by atoms with Crippen molar-refractivity contribution in [1.82, 2.24) is 9.55 Å².